The summed E-state index contributed by atoms with van der Waals surface area (Å²) in [4.78, 5) is 12.8. The first-order chi connectivity index (χ1) is 14.4. The van der Waals surface area contributed by atoms with Crippen molar-refractivity contribution in [3.05, 3.63) is 84.4 Å². The summed E-state index contributed by atoms with van der Waals surface area (Å²) in [6.07, 6.45) is -1.25. The number of carbonyl (C=O) groups excluding carboxylic acids is 1. The molecule has 6 nitrogen and oxygen atoms in total. The van der Waals surface area contributed by atoms with Gasteiger partial charge in [-0.05, 0) is 36.4 Å². The Morgan fingerprint density at radius 2 is 1.70 bits per heavy atom. The van der Waals surface area contributed by atoms with Gasteiger partial charge in [0.2, 0.25) is 0 Å². The predicted octanol–water partition coefficient (Wildman–Crippen LogP) is 3.56. The average molecular weight is 430 g/mol. The van der Waals surface area contributed by atoms with Crippen LogP contribution in [-0.4, -0.2) is 27.0 Å². The number of halogens is 2. The second-order valence-corrected chi connectivity index (χ2v) is 8.40. The number of sulfonamides is 1. The molecule has 3 aromatic rings. The molecule has 0 aliphatic carbocycles. The highest BCUT2D eigenvalue weighted by Crippen LogP contribution is 2.37. The third-order valence-electron chi connectivity index (χ3n) is 4.55. The SMILES string of the molecule is O=C(Nc1ccc(F)cc1F)[C@@H]1CN(S(=O)(=O)c2ccccc2)c2ccccc2O1. The van der Waals surface area contributed by atoms with Crippen LogP contribution in [0.2, 0.25) is 0 Å². The van der Waals surface area contributed by atoms with Gasteiger partial charge in [-0.25, -0.2) is 17.2 Å². The molecule has 3 aromatic carbocycles. The molecule has 1 atom stereocenters. The standard InChI is InChI=1S/C21H16F2N2O4S/c22-14-10-11-17(16(23)12-14)24-21(26)20-13-25(18-8-4-5-9-19(18)29-20)30(27,28)15-6-2-1-3-7-15/h1-12,20H,13H2,(H,24,26)/t20-/m0/s1. The summed E-state index contributed by atoms with van der Waals surface area (Å²) in [6, 6.07) is 16.9. The monoisotopic (exact) mass is 430 g/mol. The van der Waals surface area contributed by atoms with Crippen LogP contribution in [0.15, 0.2) is 77.7 Å². The molecule has 0 bridgehead atoms. The molecule has 1 N–H and O–H groups in total. The molecule has 0 unspecified atom stereocenters. The van der Waals surface area contributed by atoms with Gasteiger partial charge in [-0.1, -0.05) is 30.3 Å². The molecule has 1 aliphatic heterocycles. The maximum atomic E-state index is 13.9. The second kappa shape index (κ2) is 7.75. The number of hydrogen-bond acceptors (Lipinski definition) is 4. The summed E-state index contributed by atoms with van der Waals surface area (Å²) in [7, 11) is -3.98. The maximum absolute atomic E-state index is 13.9. The summed E-state index contributed by atoms with van der Waals surface area (Å²) in [6.45, 7) is -0.317. The zero-order valence-electron chi connectivity index (χ0n) is 15.5. The normalized spacial score (nSPS) is 15.8. The lowest BCUT2D eigenvalue weighted by Crippen LogP contribution is -2.48. The highest BCUT2D eigenvalue weighted by atomic mass is 32.2. The van der Waals surface area contributed by atoms with E-state index < -0.39 is 33.7 Å². The van der Waals surface area contributed by atoms with Gasteiger partial charge in [0.25, 0.3) is 15.9 Å². The van der Waals surface area contributed by atoms with Crippen LogP contribution >= 0.6 is 0 Å². The highest BCUT2D eigenvalue weighted by molar-refractivity contribution is 7.92. The molecule has 1 amide bonds. The largest absolute Gasteiger partial charge is 0.476 e. The van der Waals surface area contributed by atoms with Gasteiger partial charge in [-0.2, -0.15) is 0 Å². The van der Waals surface area contributed by atoms with Crippen molar-refractivity contribution in [3.63, 3.8) is 0 Å². The Kier molecular flexibility index (Phi) is 5.13. The first-order valence-electron chi connectivity index (χ1n) is 8.95. The lowest BCUT2D eigenvalue weighted by atomic mass is 10.2. The molecule has 4 rings (SSSR count). The average Bonchev–Trinajstić information content (AvgIpc) is 2.75. The van der Waals surface area contributed by atoms with Gasteiger partial charge >= 0.3 is 0 Å². The van der Waals surface area contributed by atoms with E-state index in [4.69, 9.17) is 4.74 Å². The zero-order valence-corrected chi connectivity index (χ0v) is 16.3. The van der Waals surface area contributed by atoms with Gasteiger partial charge in [0.1, 0.15) is 17.4 Å². The Morgan fingerprint density at radius 1 is 1.00 bits per heavy atom. The number of ether oxygens (including phenoxy) is 1. The number of amides is 1. The molecule has 9 heteroatoms. The second-order valence-electron chi connectivity index (χ2n) is 6.54. The van der Waals surface area contributed by atoms with Gasteiger partial charge < -0.3 is 10.1 Å². The van der Waals surface area contributed by atoms with Crippen LogP contribution < -0.4 is 14.4 Å². The van der Waals surface area contributed by atoms with Crippen molar-refractivity contribution in [1.82, 2.24) is 0 Å². The number of carbonyl (C=O) groups is 1. The van der Waals surface area contributed by atoms with E-state index in [-0.39, 0.29) is 22.9 Å². The van der Waals surface area contributed by atoms with Crippen molar-refractivity contribution < 1.29 is 26.7 Å². The molecule has 30 heavy (non-hydrogen) atoms. The molecule has 0 saturated heterocycles. The fourth-order valence-electron chi connectivity index (χ4n) is 3.09. The summed E-state index contributed by atoms with van der Waals surface area (Å²) >= 11 is 0. The molecule has 1 heterocycles. The van der Waals surface area contributed by atoms with E-state index in [0.29, 0.717) is 11.8 Å². The van der Waals surface area contributed by atoms with Gasteiger partial charge in [0.15, 0.2) is 6.10 Å². The molecular formula is C21H16F2N2O4S. The number of anilines is 2. The van der Waals surface area contributed by atoms with Crippen molar-refractivity contribution in [2.45, 2.75) is 11.0 Å². The van der Waals surface area contributed by atoms with Crippen molar-refractivity contribution >= 4 is 27.3 Å². The van der Waals surface area contributed by atoms with E-state index in [2.05, 4.69) is 5.32 Å². The molecule has 0 aromatic heterocycles. The number of fused-ring (bicyclic) bond motifs is 1. The number of hydrogen-bond donors (Lipinski definition) is 1. The van der Waals surface area contributed by atoms with Crippen molar-refractivity contribution in [1.29, 1.82) is 0 Å². The summed E-state index contributed by atoms with van der Waals surface area (Å²) in [5.41, 5.74) is 0.0553. The predicted molar refractivity (Wildman–Crippen MR) is 107 cm³/mol. The molecule has 1 aliphatic rings. The van der Waals surface area contributed by atoms with E-state index in [1.165, 1.54) is 12.1 Å². The molecule has 0 radical (unpaired) electrons. The van der Waals surface area contributed by atoms with E-state index in [1.807, 2.05) is 0 Å². The molecular weight excluding hydrogens is 414 g/mol. The maximum Gasteiger partial charge on any atom is 0.267 e. The fourth-order valence-corrected chi connectivity index (χ4v) is 4.59. The van der Waals surface area contributed by atoms with Crippen LogP contribution in [0.4, 0.5) is 20.2 Å². The van der Waals surface area contributed by atoms with Crippen LogP contribution in [0.1, 0.15) is 0 Å². The van der Waals surface area contributed by atoms with E-state index in [9.17, 15) is 22.0 Å². The lowest BCUT2D eigenvalue weighted by Gasteiger charge is -2.34. The van der Waals surface area contributed by atoms with Crippen LogP contribution in [-0.2, 0) is 14.8 Å². The molecule has 0 spiro atoms. The van der Waals surface area contributed by atoms with Crippen molar-refractivity contribution in [3.8, 4) is 5.75 Å². The topological polar surface area (TPSA) is 75.7 Å². The fraction of sp³-hybridized carbons (Fsp3) is 0.0952. The minimum absolute atomic E-state index is 0.0606. The Hall–Kier alpha value is -3.46. The minimum atomic E-state index is -3.98. The van der Waals surface area contributed by atoms with Gasteiger partial charge in [0, 0.05) is 6.07 Å². The Balaban J connectivity index is 1.67. The highest BCUT2D eigenvalue weighted by Gasteiger charge is 2.37. The minimum Gasteiger partial charge on any atom is -0.476 e. The zero-order chi connectivity index (χ0) is 21.3. The number of nitrogens with zero attached hydrogens (tertiary/aromatic N) is 1. The Morgan fingerprint density at radius 3 is 2.43 bits per heavy atom. The first kappa shape index (κ1) is 19.8. The van der Waals surface area contributed by atoms with E-state index in [0.717, 1.165) is 16.4 Å². The van der Waals surface area contributed by atoms with E-state index >= 15 is 0 Å². The molecule has 154 valence electrons. The van der Waals surface area contributed by atoms with Crippen molar-refractivity contribution in [2.24, 2.45) is 0 Å². The van der Waals surface area contributed by atoms with Gasteiger partial charge in [-0.15, -0.1) is 0 Å². The third-order valence-corrected chi connectivity index (χ3v) is 6.34. The number of rotatable bonds is 4. The Bertz CT molecular complexity index is 1200. The van der Waals surface area contributed by atoms with Crippen LogP contribution in [0.3, 0.4) is 0 Å². The number of benzene rings is 3. The lowest BCUT2D eigenvalue weighted by molar-refractivity contribution is -0.122. The van der Waals surface area contributed by atoms with Crippen LogP contribution in [0.5, 0.6) is 5.75 Å². The quantitative estimate of drug-likeness (QED) is 0.687. The summed E-state index contributed by atoms with van der Waals surface area (Å²) < 4.78 is 60.2. The summed E-state index contributed by atoms with van der Waals surface area (Å²) in [5.74, 6) is -2.30. The van der Waals surface area contributed by atoms with Crippen LogP contribution in [0, 0.1) is 11.6 Å². The molecule has 0 saturated carbocycles. The smallest absolute Gasteiger partial charge is 0.267 e. The molecule has 0 fully saturated rings. The van der Waals surface area contributed by atoms with Crippen LogP contribution in [0.25, 0.3) is 0 Å². The van der Waals surface area contributed by atoms with Gasteiger partial charge in [0.05, 0.1) is 22.8 Å². The van der Waals surface area contributed by atoms with Crippen molar-refractivity contribution in [2.75, 3.05) is 16.2 Å². The number of para-hydroxylation sites is 2. The Labute approximate surface area is 171 Å². The third kappa shape index (κ3) is 3.71. The number of nitrogens with one attached hydrogen (secondary N) is 1. The first-order valence-corrected chi connectivity index (χ1v) is 10.4. The van der Waals surface area contributed by atoms with Gasteiger partial charge in [-0.3, -0.25) is 9.10 Å². The van der Waals surface area contributed by atoms with E-state index in [1.54, 1.807) is 42.5 Å². The summed E-state index contributed by atoms with van der Waals surface area (Å²) in [5, 5.41) is 2.32.